The summed E-state index contributed by atoms with van der Waals surface area (Å²) in [4.78, 5) is 8.49. The Labute approximate surface area is 123 Å². The van der Waals surface area contributed by atoms with Crippen LogP contribution in [0.25, 0.3) is 0 Å². The Bertz CT molecular complexity index is 440. The van der Waals surface area contributed by atoms with Gasteiger partial charge in [-0.1, -0.05) is 6.92 Å². The third-order valence-corrected chi connectivity index (χ3v) is 3.07. The van der Waals surface area contributed by atoms with Gasteiger partial charge in [0, 0.05) is 11.4 Å². The van der Waals surface area contributed by atoms with E-state index in [-0.39, 0.29) is 6.61 Å². The monoisotopic (exact) mass is 305 g/mol. The van der Waals surface area contributed by atoms with Crippen molar-refractivity contribution in [3.63, 3.8) is 0 Å². The van der Waals surface area contributed by atoms with E-state index in [1.165, 1.54) is 0 Å². The summed E-state index contributed by atoms with van der Waals surface area (Å²) in [5.41, 5.74) is 2.66. The van der Waals surface area contributed by atoms with Crippen LogP contribution in [0.15, 0.2) is 0 Å². The molecule has 120 valence electrons. The smallest absolute Gasteiger partial charge is 0.364 e. The molecule has 1 rings (SSSR count). The van der Waals surface area contributed by atoms with E-state index < -0.39 is 12.8 Å². The fourth-order valence-corrected chi connectivity index (χ4v) is 2.20. The van der Waals surface area contributed by atoms with Crippen LogP contribution in [0.1, 0.15) is 29.7 Å². The zero-order valence-corrected chi connectivity index (χ0v) is 12.8. The van der Waals surface area contributed by atoms with Crippen LogP contribution >= 0.6 is 0 Å². The molecule has 4 nitrogen and oxygen atoms in total. The molecule has 1 atom stereocenters. The van der Waals surface area contributed by atoms with E-state index in [0.717, 1.165) is 29.9 Å². The predicted octanol–water partition coefficient (Wildman–Crippen LogP) is 2.57. The van der Waals surface area contributed by atoms with Gasteiger partial charge in [0.25, 0.3) is 0 Å². The number of halogens is 3. The van der Waals surface area contributed by atoms with E-state index in [0.29, 0.717) is 11.7 Å². The molecule has 1 unspecified atom stereocenters. The molecule has 0 aliphatic rings. The van der Waals surface area contributed by atoms with Crippen molar-refractivity contribution in [1.29, 1.82) is 0 Å². The highest BCUT2D eigenvalue weighted by Gasteiger charge is 2.27. The number of rotatable bonds is 7. The highest BCUT2D eigenvalue weighted by atomic mass is 19.4. The first kappa shape index (κ1) is 17.8. The molecule has 1 N–H and O–H groups in total. The minimum absolute atomic E-state index is 0.229. The molecule has 0 saturated carbocycles. The van der Waals surface area contributed by atoms with Crippen LogP contribution in [-0.2, 0) is 17.8 Å². The quantitative estimate of drug-likeness (QED) is 0.841. The summed E-state index contributed by atoms with van der Waals surface area (Å²) in [7, 11) is 1.90. The van der Waals surface area contributed by atoms with E-state index in [1.807, 2.05) is 20.9 Å². The van der Waals surface area contributed by atoms with Crippen LogP contribution in [0.3, 0.4) is 0 Å². The third kappa shape index (κ3) is 6.39. The Morgan fingerprint density at radius 3 is 2.24 bits per heavy atom. The van der Waals surface area contributed by atoms with Gasteiger partial charge in [-0.2, -0.15) is 13.2 Å². The lowest BCUT2D eigenvalue weighted by Gasteiger charge is -2.15. The molecule has 0 aliphatic heterocycles. The van der Waals surface area contributed by atoms with Crippen molar-refractivity contribution in [2.45, 2.75) is 40.0 Å². The largest absolute Gasteiger partial charge is 0.411 e. The Balaban J connectivity index is 2.71. The Hall–Kier alpha value is -1.21. The molecular weight excluding hydrogens is 283 g/mol. The van der Waals surface area contributed by atoms with Crippen LogP contribution in [0.4, 0.5) is 13.2 Å². The standard InChI is InChI=1S/C14H22F3N3O/c1-9(6-18-4)5-12-10(2)19-13(20-11(12)3)7-21-8-14(15,16)17/h9,18H,5-8H2,1-4H3. The highest BCUT2D eigenvalue weighted by Crippen LogP contribution is 2.17. The molecule has 0 radical (unpaired) electrons. The summed E-state index contributed by atoms with van der Waals surface area (Å²) in [6, 6.07) is 0. The van der Waals surface area contributed by atoms with E-state index in [9.17, 15) is 13.2 Å². The van der Waals surface area contributed by atoms with Crippen LogP contribution in [0.5, 0.6) is 0 Å². The normalized spacial score (nSPS) is 13.5. The maximum absolute atomic E-state index is 12.0. The zero-order chi connectivity index (χ0) is 16.0. The van der Waals surface area contributed by atoms with Crippen LogP contribution < -0.4 is 5.32 Å². The number of alkyl halides is 3. The Kier molecular flexibility index (Phi) is 6.54. The number of aromatic nitrogens is 2. The summed E-state index contributed by atoms with van der Waals surface area (Å²) in [6.45, 7) is 5.20. The Morgan fingerprint density at radius 2 is 1.76 bits per heavy atom. The summed E-state index contributed by atoms with van der Waals surface area (Å²) in [5.74, 6) is 0.725. The second-order valence-electron chi connectivity index (χ2n) is 5.26. The topological polar surface area (TPSA) is 47.0 Å². The van der Waals surface area contributed by atoms with E-state index in [1.54, 1.807) is 0 Å². The number of aryl methyl sites for hydroxylation is 2. The molecule has 0 bridgehead atoms. The van der Waals surface area contributed by atoms with Crippen molar-refractivity contribution in [1.82, 2.24) is 15.3 Å². The summed E-state index contributed by atoms with van der Waals surface area (Å²) in [5, 5.41) is 3.11. The van der Waals surface area contributed by atoms with Crippen LogP contribution in [0, 0.1) is 19.8 Å². The molecule has 0 aromatic carbocycles. The van der Waals surface area contributed by atoms with Gasteiger partial charge in [-0.25, -0.2) is 9.97 Å². The van der Waals surface area contributed by atoms with Gasteiger partial charge in [0.1, 0.15) is 13.2 Å². The van der Waals surface area contributed by atoms with E-state index in [4.69, 9.17) is 0 Å². The van der Waals surface area contributed by atoms with Crippen molar-refractivity contribution in [2.24, 2.45) is 5.92 Å². The Morgan fingerprint density at radius 1 is 1.19 bits per heavy atom. The van der Waals surface area contributed by atoms with Gasteiger partial charge in [0.2, 0.25) is 0 Å². The highest BCUT2D eigenvalue weighted by molar-refractivity contribution is 5.24. The molecule has 21 heavy (non-hydrogen) atoms. The minimum atomic E-state index is -4.33. The van der Waals surface area contributed by atoms with Gasteiger partial charge >= 0.3 is 6.18 Å². The fourth-order valence-electron chi connectivity index (χ4n) is 2.20. The number of nitrogens with zero attached hydrogens (tertiary/aromatic N) is 2. The molecule has 0 spiro atoms. The summed E-state index contributed by atoms with van der Waals surface area (Å²) in [6.07, 6.45) is -3.49. The molecule has 0 amide bonds. The summed E-state index contributed by atoms with van der Waals surface area (Å²) >= 11 is 0. The SMILES string of the molecule is CNCC(C)Cc1c(C)nc(COCC(F)(F)F)nc1C. The second-order valence-corrected chi connectivity index (χ2v) is 5.26. The van der Waals surface area contributed by atoms with Gasteiger partial charge in [-0.15, -0.1) is 0 Å². The van der Waals surface area contributed by atoms with Crippen molar-refractivity contribution in [3.05, 3.63) is 22.8 Å². The number of hydrogen-bond donors (Lipinski definition) is 1. The van der Waals surface area contributed by atoms with Crippen molar-refractivity contribution in [3.8, 4) is 0 Å². The fraction of sp³-hybridized carbons (Fsp3) is 0.714. The third-order valence-electron chi connectivity index (χ3n) is 3.07. The first-order chi connectivity index (χ1) is 9.73. The van der Waals surface area contributed by atoms with Gasteiger partial charge in [-0.05, 0) is 45.3 Å². The van der Waals surface area contributed by atoms with Crippen molar-refractivity contribution >= 4 is 0 Å². The zero-order valence-electron chi connectivity index (χ0n) is 12.8. The lowest BCUT2D eigenvalue weighted by atomic mass is 9.99. The maximum Gasteiger partial charge on any atom is 0.411 e. The second kappa shape index (κ2) is 7.70. The maximum atomic E-state index is 12.0. The molecule has 1 heterocycles. The molecule has 0 fully saturated rings. The molecule has 1 aromatic heterocycles. The first-order valence-corrected chi connectivity index (χ1v) is 6.85. The van der Waals surface area contributed by atoms with Gasteiger partial charge in [0.15, 0.2) is 5.82 Å². The molecule has 1 aromatic rings. The molecular formula is C14H22F3N3O. The summed E-state index contributed by atoms with van der Waals surface area (Å²) < 4.78 is 40.7. The van der Waals surface area contributed by atoms with Gasteiger partial charge in [0.05, 0.1) is 0 Å². The van der Waals surface area contributed by atoms with Gasteiger partial charge < -0.3 is 10.1 Å². The first-order valence-electron chi connectivity index (χ1n) is 6.85. The van der Waals surface area contributed by atoms with E-state index in [2.05, 4.69) is 26.9 Å². The minimum Gasteiger partial charge on any atom is -0.364 e. The number of nitrogens with one attached hydrogen (secondary N) is 1. The van der Waals surface area contributed by atoms with Gasteiger partial charge in [-0.3, -0.25) is 0 Å². The lowest BCUT2D eigenvalue weighted by Crippen LogP contribution is -2.20. The van der Waals surface area contributed by atoms with E-state index >= 15 is 0 Å². The van der Waals surface area contributed by atoms with Crippen LogP contribution in [-0.4, -0.2) is 36.3 Å². The average molecular weight is 305 g/mol. The predicted molar refractivity (Wildman–Crippen MR) is 74.0 cm³/mol. The van der Waals surface area contributed by atoms with Crippen molar-refractivity contribution < 1.29 is 17.9 Å². The molecule has 7 heteroatoms. The molecule has 0 saturated heterocycles. The van der Waals surface area contributed by atoms with Crippen molar-refractivity contribution in [2.75, 3.05) is 20.2 Å². The molecule has 0 aliphatic carbocycles. The average Bonchev–Trinajstić information content (AvgIpc) is 2.32. The van der Waals surface area contributed by atoms with Crippen LogP contribution in [0.2, 0.25) is 0 Å². The number of hydrogen-bond acceptors (Lipinski definition) is 4. The number of ether oxygens (including phenoxy) is 1. The lowest BCUT2D eigenvalue weighted by molar-refractivity contribution is -0.177.